The zero-order valence-electron chi connectivity index (χ0n) is 11.4. The topological polar surface area (TPSA) is 66.0 Å². The number of aryl methyl sites for hydroxylation is 1. The van der Waals surface area contributed by atoms with E-state index in [2.05, 4.69) is 5.32 Å². The second-order valence-electron chi connectivity index (χ2n) is 5.10. The van der Waals surface area contributed by atoms with Gasteiger partial charge in [-0.05, 0) is 25.5 Å². The Labute approximate surface area is 108 Å². The molecule has 98 valence electrons. The second-order valence-corrected chi connectivity index (χ2v) is 5.10. The lowest BCUT2D eigenvalue weighted by Gasteiger charge is -2.23. The zero-order chi connectivity index (χ0) is 13.8. The average molecular weight is 248 g/mol. The standard InChI is InChI=1S/C14H20N2O2/c1-5-11(8-15)13(17)16-9-14(3,4)12-7-6-10(2)18-12/h6-7,11H,5,9H2,1-4H3,(H,16,17). The summed E-state index contributed by atoms with van der Waals surface area (Å²) in [6.07, 6.45) is 0.530. The summed E-state index contributed by atoms with van der Waals surface area (Å²) in [6, 6.07) is 5.82. The van der Waals surface area contributed by atoms with Crippen molar-refractivity contribution in [3.8, 4) is 6.07 Å². The van der Waals surface area contributed by atoms with Gasteiger partial charge in [0.2, 0.25) is 5.91 Å². The molecule has 0 bridgehead atoms. The van der Waals surface area contributed by atoms with Crippen molar-refractivity contribution in [2.75, 3.05) is 6.54 Å². The number of carbonyl (C=O) groups is 1. The highest BCUT2D eigenvalue weighted by Gasteiger charge is 2.26. The number of hydrogen-bond acceptors (Lipinski definition) is 3. The van der Waals surface area contributed by atoms with Crippen LogP contribution in [0.2, 0.25) is 0 Å². The van der Waals surface area contributed by atoms with Gasteiger partial charge in [0.1, 0.15) is 17.4 Å². The molecular weight excluding hydrogens is 228 g/mol. The summed E-state index contributed by atoms with van der Waals surface area (Å²) < 4.78 is 5.58. The normalized spacial score (nSPS) is 12.8. The van der Waals surface area contributed by atoms with E-state index in [4.69, 9.17) is 9.68 Å². The fourth-order valence-electron chi connectivity index (χ4n) is 1.65. The molecule has 0 fully saturated rings. The smallest absolute Gasteiger partial charge is 0.237 e. The predicted octanol–water partition coefficient (Wildman–Crippen LogP) is 2.53. The Morgan fingerprint density at radius 2 is 2.22 bits per heavy atom. The van der Waals surface area contributed by atoms with Gasteiger partial charge in [-0.25, -0.2) is 0 Å². The molecule has 1 unspecified atom stereocenters. The Bertz CT molecular complexity index is 455. The molecule has 0 aliphatic carbocycles. The Morgan fingerprint density at radius 1 is 1.56 bits per heavy atom. The molecular formula is C14H20N2O2. The van der Waals surface area contributed by atoms with E-state index in [9.17, 15) is 4.79 Å². The van der Waals surface area contributed by atoms with Crippen LogP contribution < -0.4 is 5.32 Å². The molecule has 1 atom stereocenters. The minimum atomic E-state index is -0.570. The lowest BCUT2D eigenvalue weighted by Crippen LogP contribution is -2.39. The molecule has 0 aromatic carbocycles. The molecule has 4 heteroatoms. The Hall–Kier alpha value is -1.76. The van der Waals surface area contributed by atoms with Gasteiger partial charge < -0.3 is 9.73 Å². The van der Waals surface area contributed by atoms with Crippen molar-refractivity contribution in [1.29, 1.82) is 5.26 Å². The largest absolute Gasteiger partial charge is 0.466 e. The summed E-state index contributed by atoms with van der Waals surface area (Å²) in [7, 11) is 0. The maximum atomic E-state index is 11.7. The van der Waals surface area contributed by atoms with E-state index in [1.807, 2.05) is 45.9 Å². The van der Waals surface area contributed by atoms with Gasteiger partial charge in [-0.2, -0.15) is 5.26 Å². The molecule has 0 radical (unpaired) electrons. The van der Waals surface area contributed by atoms with Gasteiger partial charge in [0.15, 0.2) is 0 Å². The lowest BCUT2D eigenvalue weighted by molar-refractivity contribution is -0.123. The van der Waals surface area contributed by atoms with Crippen LogP contribution >= 0.6 is 0 Å². The number of nitrogens with zero attached hydrogens (tertiary/aromatic N) is 1. The number of rotatable bonds is 5. The van der Waals surface area contributed by atoms with E-state index < -0.39 is 5.92 Å². The maximum absolute atomic E-state index is 11.7. The number of hydrogen-bond donors (Lipinski definition) is 1. The molecule has 4 nitrogen and oxygen atoms in total. The van der Waals surface area contributed by atoms with Gasteiger partial charge in [0.25, 0.3) is 0 Å². The molecule has 0 saturated carbocycles. The summed E-state index contributed by atoms with van der Waals surface area (Å²) in [5.41, 5.74) is -0.280. The quantitative estimate of drug-likeness (QED) is 0.870. The van der Waals surface area contributed by atoms with Crippen molar-refractivity contribution in [1.82, 2.24) is 5.32 Å². The minimum absolute atomic E-state index is 0.212. The molecule has 0 aliphatic rings. The summed E-state index contributed by atoms with van der Waals surface area (Å²) in [4.78, 5) is 11.7. The van der Waals surface area contributed by atoms with Gasteiger partial charge in [0.05, 0.1) is 6.07 Å². The first-order chi connectivity index (χ1) is 8.40. The Kier molecular flexibility index (Phi) is 4.55. The minimum Gasteiger partial charge on any atom is -0.466 e. The van der Waals surface area contributed by atoms with Crippen LogP contribution in [0.5, 0.6) is 0 Å². The first kappa shape index (κ1) is 14.3. The highest BCUT2D eigenvalue weighted by atomic mass is 16.3. The molecule has 0 aliphatic heterocycles. The molecule has 1 aromatic heterocycles. The molecule has 0 spiro atoms. The van der Waals surface area contributed by atoms with Crippen LogP contribution in [0.3, 0.4) is 0 Å². The van der Waals surface area contributed by atoms with Gasteiger partial charge >= 0.3 is 0 Å². The van der Waals surface area contributed by atoms with Gasteiger partial charge in [0, 0.05) is 12.0 Å². The fraction of sp³-hybridized carbons (Fsp3) is 0.571. The van der Waals surface area contributed by atoms with Gasteiger partial charge in [-0.15, -0.1) is 0 Å². The van der Waals surface area contributed by atoms with Crippen LogP contribution in [-0.2, 0) is 10.2 Å². The molecule has 0 saturated heterocycles. The van der Waals surface area contributed by atoms with Crippen molar-refractivity contribution in [2.45, 2.75) is 39.5 Å². The lowest BCUT2D eigenvalue weighted by atomic mass is 9.90. The highest BCUT2D eigenvalue weighted by molar-refractivity contribution is 5.81. The number of nitriles is 1. The van der Waals surface area contributed by atoms with E-state index in [0.29, 0.717) is 13.0 Å². The second kappa shape index (κ2) is 5.72. The van der Waals surface area contributed by atoms with Crippen molar-refractivity contribution in [3.63, 3.8) is 0 Å². The third kappa shape index (κ3) is 3.36. The monoisotopic (exact) mass is 248 g/mol. The van der Waals surface area contributed by atoms with Crippen molar-refractivity contribution in [2.24, 2.45) is 5.92 Å². The number of furan rings is 1. The highest BCUT2D eigenvalue weighted by Crippen LogP contribution is 2.24. The predicted molar refractivity (Wildman–Crippen MR) is 68.9 cm³/mol. The summed E-state index contributed by atoms with van der Waals surface area (Å²) in [6.45, 7) is 8.17. The molecule has 18 heavy (non-hydrogen) atoms. The van der Waals surface area contributed by atoms with Crippen LogP contribution in [0.25, 0.3) is 0 Å². The number of amides is 1. The number of carbonyl (C=O) groups excluding carboxylic acids is 1. The van der Waals surface area contributed by atoms with E-state index in [-0.39, 0.29) is 11.3 Å². The Balaban J connectivity index is 2.63. The van der Waals surface area contributed by atoms with Crippen LogP contribution in [0.4, 0.5) is 0 Å². The first-order valence-electron chi connectivity index (χ1n) is 6.15. The summed E-state index contributed by atoms with van der Waals surface area (Å²) >= 11 is 0. The third-order valence-corrected chi connectivity index (χ3v) is 2.99. The van der Waals surface area contributed by atoms with E-state index in [0.717, 1.165) is 11.5 Å². The molecule has 1 rings (SSSR count). The van der Waals surface area contributed by atoms with Crippen molar-refractivity contribution in [3.05, 3.63) is 23.7 Å². The summed E-state index contributed by atoms with van der Waals surface area (Å²) in [5.74, 6) is 0.911. The van der Waals surface area contributed by atoms with E-state index in [1.54, 1.807) is 0 Å². The van der Waals surface area contributed by atoms with Gasteiger partial charge in [-0.3, -0.25) is 4.79 Å². The van der Waals surface area contributed by atoms with Crippen LogP contribution in [-0.4, -0.2) is 12.5 Å². The van der Waals surface area contributed by atoms with Crippen LogP contribution in [0, 0.1) is 24.2 Å². The van der Waals surface area contributed by atoms with Crippen LogP contribution in [0.15, 0.2) is 16.5 Å². The van der Waals surface area contributed by atoms with E-state index >= 15 is 0 Å². The van der Waals surface area contributed by atoms with E-state index in [1.165, 1.54) is 0 Å². The van der Waals surface area contributed by atoms with Crippen LogP contribution in [0.1, 0.15) is 38.7 Å². The Morgan fingerprint density at radius 3 is 2.67 bits per heavy atom. The van der Waals surface area contributed by atoms with Crippen molar-refractivity contribution < 1.29 is 9.21 Å². The molecule has 1 amide bonds. The SMILES string of the molecule is CCC(C#N)C(=O)NCC(C)(C)c1ccc(C)o1. The summed E-state index contributed by atoms with van der Waals surface area (Å²) in [5, 5.41) is 11.6. The average Bonchev–Trinajstić information content (AvgIpc) is 2.76. The van der Waals surface area contributed by atoms with Gasteiger partial charge in [-0.1, -0.05) is 20.8 Å². The fourth-order valence-corrected chi connectivity index (χ4v) is 1.65. The molecule has 1 heterocycles. The molecule has 1 N–H and O–H groups in total. The zero-order valence-corrected chi connectivity index (χ0v) is 11.4. The molecule has 1 aromatic rings. The first-order valence-corrected chi connectivity index (χ1v) is 6.15. The maximum Gasteiger partial charge on any atom is 0.237 e. The number of nitrogens with one attached hydrogen (secondary N) is 1. The third-order valence-electron chi connectivity index (χ3n) is 2.99. The van der Waals surface area contributed by atoms with Crippen molar-refractivity contribution >= 4 is 5.91 Å².